The maximum atomic E-state index is 3.51. The Hall–Kier alpha value is -1.64. The molecule has 0 saturated carbocycles. The van der Waals surface area contributed by atoms with E-state index in [4.69, 9.17) is 0 Å². The van der Waals surface area contributed by atoms with Gasteiger partial charge in [-0.15, -0.1) is 11.3 Å². The van der Waals surface area contributed by atoms with Crippen molar-refractivity contribution < 1.29 is 0 Å². The summed E-state index contributed by atoms with van der Waals surface area (Å²) in [5, 5.41) is 7.19. The number of aryl methyl sites for hydroxylation is 2. The predicted molar refractivity (Wildman–Crippen MR) is 91.2 cm³/mol. The van der Waals surface area contributed by atoms with Crippen molar-refractivity contribution in [1.29, 1.82) is 0 Å². The minimum atomic E-state index is 0.284. The molecule has 4 rings (SSSR count). The van der Waals surface area contributed by atoms with Crippen LogP contribution in [0.5, 0.6) is 0 Å². The maximum Gasteiger partial charge on any atom is 0.0588 e. The molecule has 3 aromatic rings. The quantitative estimate of drug-likeness (QED) is 0.738. The summed E-state index contributed by atoms with van der Waals surface area (Å²) >= 11 is 1.84. The summed E-state index contributed by atoms with van der Waals surface area (Å²) in [4.78, 5) is 0. The summed E-state index contributed by atoms with van der Waals surface area (Å²) in [6, 6.07) is 16.0. The molecule has 0 fully saturated rings. The van der Waals surface area contributed by atoms with Gasteiger partial charge < -0.3 is 5.32 Å². The maximum absolute atomic E-state index is 3.51. The Morgan fingerprint density at radius 3 is 2.81 bits per heavy atom. The minimum absolute atomic E-state index is 0.284. The fourth-order valence-electron chi connectivity index (χ4n) is 3.49. The molecular weight excluding hydrogens is 274 g/mol. The minimum Gasteiger partial charge on any atom is -0.309 e. The summed E-state index contributed by atoms with van der Waals surface area (Å²) in [6.07, 6.45) is 3.80. The van der Waals surface area contributed by atoms with Crippen LogP contribution >= 0.6 is 11.3 Å². The standard InChI is InChI=1S/C19H19NS/c1-20-19(15-10-9-13-5-4-6-14(13)11-15)17-12-21-18-8-3-2-7-16(17)18/h2-3,7-12,19-20H,4-6H2,1H3. The largest absolute Gasteiger partial charge is 0.309 e. The molecule has 1 aliphatic rings. The van der Waals surface area contributed by atoms with Crippen LogP contribution in [0.25, 0.3) is 10.1 Å². The molecular formula is C19H19NS. The molecule has 106 valence electrons. The first kappa shape index (κ1) is 13.1. The number of rotatable bonds is 3. The topological polar surface area (TPSA) is 12.0 Å². The van der Waals surface area contributed by atoms with Gasteiger partial charge in [0.15, 0.2) is 0 Å². The van der Waals surface area contributed by atoms with E-state index in [2.05, 4.69) is 60.2 Å². The molecule has 2 heteroatoms. The third kappa shape index (κ3) is 2.19. The molecule has 1 heterocycles. The van der Waals surface area contributed by atoms with Gasteiger partial charge in [0.1, 0.15) is 0 Å². The molecule has 0 amide bonds. The van der Waals surface area contributed by atoms with Crippen LogP contribution in [0.3, 0.4) is 0 Å². The van der Waals surface area contributed by atoms with Crippen LogP contribution in [-0.4, -0.2) is 7.05 Å². The zero-order chi connectivity index (χ0) is 14.2. The lowest BCUT2D eigenvalue weighted by Gasteiger charge is -2.17. The fourth-order valence-corrected chi connectivity index (χ4v) is 4.48. The van der Waals surface area contributed by atoms with E-state index in [1.807, 2.05) is 11.3 Å². The van der Waals surface area contributed by atoms with Crippen molar-refractivity contribution in [2.45, 2.75) is 25.3 Å². The van der Waals surface area contributed by atoms with Crippen LogP contribution in [0.2, 0.25) is 0 Å². The highest BCUT2D eigenvalue weighted by Gasteiger charge is 2.18. The van der Waals surface area contributed by atoms with Gasteiger partial charge in [-0.05, 0) is 65.4 Å². The van der Waals surface area contributed by atoms with Gasteiger partial charge >= 0.3 is 0 Å². The van der Waals surface area contributed by atoms with E-state index in [9.17, 15) is 0 Å². The van der Waals surface area contributed by atoms with Crippen molar-refractivity contribution in [2.24, 2.45) is 0 Å². The Kier molecular flexibility index (Phi) is 3.28. The first-order valence-electron chi connectivity index (χ1n) is 7.62. The van der Waals surface area contributed by atoms with Gasteiger partial charge in [0, 0.05) is 4.70 Å². The lowest BCUT2D eigenvalue weighted by molar-refractivity contribution is 0.698. The average Bonchev–Trinajstić information content (AvgIpc) is 3.15. The van der Waals surface area contributed by atoms with Crippen LogP contribution in [0.1, 0.15) is 34.7 Å². The van der Waals surface area contributed by atoms with Crippen molar-refractivity contribution in [2.75, 3.05) is 7.05 Å². The van der Waals surface area contributed by atoms with Gasteiger partial charge in [-0.3, -0.25) is 0 Å². The summed E-state index contributed by atoms with van der Waals surface area (Å²) in [5.74, 6) is 0. The molecule has 0 bridgehead atoms. The van der Waals surface area contributed by atoms with Gasteiger partial charge in [0.05, 0.1) is 6.04 Å². The smallest absolute Gasteiger partial charge is 0.0588 e. The molecule has 1 unspecified atom stereocenters. The number of nitrogens with one attached hydrogen (secondary N) is 1. The Morgan fingerprint density at radius 2 is 1.90 bits per heavy atom. The predicted octanol–water partition coefficient (Wildman–Crippen LogP) is 4.70. The second-order valence-corrected chi connectivity index (χ2v) is 6.70. The van der Waals surface area contributed by atoms with Crippen molar-refractivity contribution in [1.82, 2.24) is 5.32 Å². The molecule has 0 aliphatic heterocycles. The molecule has 1 aromatic heterocycles. The Balaban J connectivity index is 1.81. The number of hydrogen-bond donors (Lipinski definition) is 1. The van der Waals surface area contributed by atoms with Gasteiger partial charge in [-0.25, -0.2) is 0 Å². The first-order valence-corrected chi connectivity index (χ1v) is 8.50. The van der Waals surface area contributed by atoms with Crippen molar-refractivity contribution in [3.8, 4) is 0 Å². The van der Waals surface area contributed by atoms with E-state index in [-0.39, 0.29) is 6.04 Å². The van der Waals surface area contributed by atoms with Crippen LogP contribution in [0, 0.1) is 0 Å². The molecule has 1 nitrogen and oxygen atoms in total. The van der Waals surface area contributed by atoms with Crippen LogP contribution in [0.15, 0.2) is 47.8 Å². The molecule has 0 spiro atoms. The summed E-state index contributed by atoms with van der Waals surface area (Å²) < 4.78 is 1.37. The summed E-state index contributed by atoms with van der Waals surface area (Å²) in [6.45, 7) is 0. The second kappa shape index (κ2) is 5.28. The molecule has 1 aliphatic carbocycles. The van der Waals surface area contributed by atoms with E-state index >= 15 is 0 Å². The number of thiophene rings is 1. The van der Waals surface area contributed by atoms with Gasteiger partial charge in [-0.1, -0.05) is 36.4 Å². The molecule has 1 atom stereocenters. The normalized spacial score (nSPS) is 15.3. The fraction of sp³-hybridized carbons (Fsp3) is 0.263. The second-order valence-electron chi connectivity index (χ2n) is 5.79. The highest BCUT2D eigenvalue weighted by atomic mass is 32.1. The zero-order valence-electron chi connectivity index (χ0n) is 12.2. The highest BCUT2D eigenvalue weighted by Crippen LogP contribution is 2.34. The number of fused-ring (bicyclic) bond motifs is 2. The van der Waals surface area contributed by atoms with Crippen LogP contribution in [-0.2, 0) is 12.8 Å². The van der Waals surface area contributed by atoms with Crippen LogP contribution < -0.4 is 5.32 Å². The summed E-state index contributed by atoms with van der Waals surface area (Å²) in [5.41, 5.74) is 5.88. The van der Waals surface area contributed by atoms with Gasteiger partial charge in [0.2, 0.25) is 0 Å². The van der Waals surface area contributed by atoms with E-state index < -0.39 is 0 Å². The Labute approximate surface area is 129 Å². The lowest BCUT2D eigenvalue weighted by Crippen LogP contribution is -2.17. The molecule has 1 N–H and O–H groups in total. The van der Waals surface area contributed by atoms with Crippen molar-refractivity contribution in [3.05, 3.63) is 70.1 Å². The molecule has 21 heavy (non-hydrogen) atoms. The third-order valence-corrected chi connectivity index (χ3v) is 5.55. The third-order valence-electron chi connectivity index (χ3n) is 4.57. The molecule has 0 radical (unpaired) electrons. The monoisotopic (exact) mass is 293 g/mol. The Bertz CT molecular complexity index is 787. The van der Waals surface area contributed by atoms with Crippen molar-refractivity contribution >= 4 is 21.4 Å². The Morgan fingerprint density at radius 1 is 1.05 bits per heavy atom. The lowest BCUT2D eigenvalue weighted by atomic mass is 9.95. The molecule has 0 saturated heterocycles. The highest BCUT2D eigenvalue weighted by molar-refractivity contribution is 7.17. The van der Waals surface area contributed by atoms with E-state index in [0.29, 0.717) is 0 Å². The van der Waals surface area contributed by atoms with Crippen LogP contribution in [0.4, 0.5) is 0 Å². The van der Waals surface area contributed by atoms with Gasteiger partial charge in [-0.2, -0.15) is 0 Å². The van der Waals surface area contributed by atoms with E-state index in [1.54, 1.807) is 11.1 Å². The SMILES string of the molecule is CNC(c1ccc2c(c1)CCC2)c1csc2ccccc12. The average molecular weight is 293 g/mol. The molecule has 2 aromatic carbocycles. The van der Waals surface area contributed by atoms with Gasteiger partial charge in [0.25, 0.3) is 0 Å². The van der Waals surface area contributed by atoms with E-state index in [1.165, 1.54) is 40.5 Å². The number of benzene rings is 2. The first-order chi connectivity index (χ1) is 10.4. The zero-order valence-corrected chi connectivity index (χ0v) is 13.0. The van der Waals surface area contributed by atoms with Crippen molar-refractivity contribution in [3.63, 3.8) is 0 Å². The number of hydrogen-bond acceptors (Lipinski definition) is 2. The summed E-state index contributed by atoms with van der Waals surface area (Å²) in [7, 11) is 2.06. The van der Waals surface area contributed by atoms with E-state index in [0.717, 1.165) is 0 Å².